The molecule has 1 radical (unpaired) electrons. The second-order valence-corrected chi connectivity index (χ2v) is 8.13. The first-order valence-electron chi connectivity index (χ1n) is 9.22. The van der Waals surface area contributed by atoms with Gasteiger partial charge in [-0.25, -0.2) is 4.39 Å². The van der Waals surface area contributed by atoms with Gasteiger partial charge in [0.1, 0.15) is 5.82 Å². The first-order chi connectivity index (χ1) is 11.9. The molecule has 2 fully saturated rings. The van der Waals surface area contributed by atoms with Crippen molar-refractivity contribution >= 4 is 6.21 Å². The van der Waals surface area contributed by atoms with Crippen LogP contribution in [0.1, 0.15) is 37.7 Å². The van der Waals surface area contributed by atoms with Crippen LogP contribution in [-0.4, -0.2) is 38.4 Å². The first-order valence-corrected chi connectivity index (χ1v) is 9.22. The molecule has 0 aromatic heterocycles. The molecular weight excluding hydrogens is 391 g/mol. The van der Waals surface area contributed by atoms with Gasteiger partial charge in [-0.2, -0.15) is 0 Å². The van der Waals surface area contributed by atoms with Gasteiger partial charge in [0.05, 0.1) is 12.2 Å². The van der Waals surface area contributed by atoms with Crippen molar-refractivity contribution in [2.75, 3.05) is 27.2 Å². The number of benzene rings is 1. The van der Waals surface area contributed by atoms with Crippen LogP contribution in [0.5, 0.6) is 0 Å². The number of hydrogen-bond acceptors (Lipinski definition) is 3. The van der Waals surface area contributed by atoms with E-state index in [-0.39, 0.29) is 41.3 Å². The van der Waals surface area contributed by atoms with Crippen molar-refractivity contribution < 1.29 is 26.2 Å². The minimum Gasteiger partial charge on any atom is -0.520 e. The van der Waals surface area contributed by atoms with E-state index in [1.807, 2.05) is 12.1 Å². The fraction of sp³-hybridized carbons (Fsp3) is 0.591. The molecular formula is C22H32CuFN2O-3. The van der Waals surface area contributed by atoms with Crippen molar-refractivity contribution in [2.24, 2.45) is 17.3 Å². The molecule has 1 saturated heterocycles. The number of rotatable bonds is 6. The summed E-state index contributed by atoms with van der Waals surface area (Å²) in [4.78, 5) is 2.19. The molecule has 27 heavy (non-hydrogen) atoms. The Morgan fingerprint density at radius 3 is 2.59 bits per heavy atom. The van der Waals surface area contributed by atoms with Gasteiger partial charge in [0.2, 0.25) is 0 Å². The summed E-state index contributed by atoms with van der Waals surface area (Å²) < 4.78 is 19.9. The minimum absolute atomic E-state index is 0. The summed E-state index contributed by atoms with van der Waals surface area (Å²) in [6, 6.07) is 6.86. The van der Waals surface area contributed by atoms with E-state index in [1.165, 1.54) is 0 Å². The van der Waals surface area contributed by atoms with Crippen molar-refractivity contribution in [1.82, 2.24) is 4.90 Å². The average molecular weight is 423 g/mol. The van der Waals surface area contributed by atoms with Crippen LogP contribution in [0.25, 0.3) is 0 Å². The second kappa shape index (κ2) is 9.64. The molecule has 1 N–H and O–H groups in total. The Morgan fingerprint density at radius 2 is 2.00 bits per heavy atom. The summed E-state index contributed by atoms with van der Waals surface area (Å²) in [5.74, 6) is 0.595. The first kappa shape index (κ1) is 24.3. The third-order valence-corrected chi connectivity index (χ3v) is 6.06. The number of nitrogens with one attached hydrogen (secondary N) is 1. The molecule has 2 aliphatic rings. The summed E-state index contributed by atoms with van der Waals surface area (Å²) in [6.45, 7) is 5.92. The number of fused-ring (bicyclic) bond motifs is 1. The van der Waals surface area contributed by atoms with Gasteiger partial charge < -0.3 is 35.6 Å². The Labute approximate surface area is 175 Å². The number of halogens is 1. The smallest absolute Gasteiger partial charge is 0.123 e. The van der Waals surface area contributed by atoms with E-state index < -0.39 is 0 Å². The molecule has 157 valence electrons. The van der Waals surface area contributed by atoms with Crippen LogP contribution >= 0.6 is 0 Å². The van der Waals surface area contributed by atoms with Crippen LogP contribution in [0, 0.1) is 42.8 Å². The number of hydrogen-bond donors (Lipinski definition) is 1. The Bertz CT molecular complexity index is 609. The largest absolute Gasteiger partial charge is 0.520 e. The Hall–Kier alpha value is -0.741. The Kier molecular flexibility index (Phi) is 8.68. The third-order valence-electron chi connectivity index (χ3n) is 6.06. The monoisotopic (exact) mass is 422 g/mol. The van der Waals surface area contributed by atoms with Gasteiger partial charge in [-0.1, -0.05) is 31.4 Å². The summed E-state index contributed by atoms with van der Waals surface area (Å²) in [5, 5.41) is 7.59. The van der Waals surface area contributed by atoms with E-state index in [0.29, 0.717) is 18.4 Å². The average Bonchev–Trinajstić information content (AvgIpc) is 2.94. The molecule has 1 aliphatic carbocycles. The molecule has 1 aliphatic heterocycles. The normalized spacial score (nSPS) is 32.3. The van der Waals surface area contributed by atoms with Crippen LogP contribution in [0.4, 0.5) is 4.39 Å². The zero-order valence-corrected chi connectivity index (χ0v) is 17.6. The molecule has 0 bridgehead atoms. The SMILES string of the molecule is [CH2-][C@]1([C-]=N)CCC2C(COC2(CCCN(C)C)c2ccc(F)cc2)C1.[CH3-].[Cu]. The predicted molar refractivity (Wildman–Crippen MR) is 105 cm³/mol. The fourth-order valence-corrected chi connectivity index (χ4v) is 4.77. The van der Waals surface area contributed by atoms with E-state index in [2.05, 4.69) is 32.1 Å². The molecule has 3 nitrogen and oxygen atoms in total. The summed E-state index contributed by atoms with van der Waals surface area (Å²) >= 11 is 0. The van der Waals surface area contributed by atoms with Crippen molar-refractivity contribution in [3.63, 3.8) is 0 Å². The molecule has 5 heteroatoms. The van der Waals surface area contributed by atoms with E-state index in [9.17, 15) is 4.39 Å². The number of nitrogens with zero attached hydrogens (tertiary/aromatic N) is 1. The maximum absolute atomic E-state index is 13.5. The minimum atomic E-state index is -0.368. The van der Waals surface area contributed by atoms with Crippen molar-refractivity contribution in [3.8, 4) is 0 Å². The molecule has 0 spiro atoms. The van der Waals surface area contributed by atoms with Crippen molar-refractivity contribution in [2.45, 2.75) is 37.7 Å². The van der Waals surface area contributed by atoms with Gasteiger partial charge in [-0.15, -0.1) is 0 Å². The van der Waals surface area contributed by atoms with E-state index >= 15 is 0 Å². The van der Waals surface area contributed by atoms with E-state index in [4.69, 9.17) is 10.1 Å². The molecule has 1 aromatic rings. The molecule has 3 unspecified atom stereocenters. The van der Waals surface area contributed by atoms with Gasteiger partial charge in [0.15, 0.2) is 0 Å². The third kappa shape index (κ3) is 5.00. The van der Waals surface area contributed by atoms with Gasteiger partial charge in [-0.3, -0.25) is 5.41 Å². The molecule has 1 heterocycles. The molecule has 3 rings (SSSR count). The zero-order valence-electron chi connectivity index (χ0n) is 16.7. The summed E-state index contributed by atoms with van der Waals surface area (Å²) in [6.07, 6.45) is 7.35. The standard InChI is InChI=1S/C21H29FN2O.CH3.Cu/c1-20(15-23)11-9-19-16(13-20)14-25-21(19,10-4-12-24(2)3)17-5-7-18(22)8-6-17;;/h5-8,16,19,23H,1,4,9-14H2,2-3H3;1H3;/q-2;-1;/t16?,19?,20-,21?;;/m0../s1. The van der Waals surface area contributed by atoms with Crippen molar-refractivity contribution in [1.29, 1.82) is 5.41 Å². The quantitative estimate of drug-likeness (QED) is 0.413. The van der Waals surface area contributed by atoms with Gasteiger partial charge in [0.25, 0.3) is 0 Å². The predicted octanol–water partition coefficient (Wildman–Crippen LogP) is 4.60. The van der Waals surface area contributed by atoms with E-state index in [1.54, 1.807) is 12.1 Å². The summed E-state index contributed by atoms with van der Waals surface area (Å²) in [5.41, 5.74) is 0.390. The van der Waals surface area contributed by atoms with Crippen LogP contribution in [0.15, 0.2) is 24.3 Å². The Morgan fingerprint density at radius 1 is 1.33 bits per heavy atom. The zero-order chi connectivity index (χ0) is 18.1. The summed E-state index contributed by atoms with van der Waals surface area (Å²) in [7, 11) is 4.17. The molecule has 0 amide bonds. The van der Waals surface area contributed by atoms with Crippen molar-refractivity contribution in [3.05, 3.63) is 50.0 Å². The van der Waals surface area contributed by atoms with Crippen LogP contribution in [0.3, 0.4) is 0 Å². The molecule has 1 saturated carbocycles. The fourth-order valence-electron chi connectivity index (χ4n) is 4.77. The molecule has 1 aromatic carbocycles. The molecule has 4 atom stereocenters. The Balaban J connectivity index is 0.00000182. The van der Waals surface area contributed by atoms with Gasteiger partial charge >= 0.3 is 0 Å². The van der Waals surface area contributed by atoms with Crippen LogP contribution in [-0.2, 0) is 27.4 Å². The van der Waals surface area contributed by atoms with Gasteiger partial charge in [0, 0.05) is 17.1 Å². The van der Waals surface area contributed by atoms with Crippen LogP contribution < -0.4 is 0 Å². The maximum Gasteiger partial charge on any atom is 0.123 e. The van der Waals surface area contributed by atoms with Gasteiger partial charge in [-0.05, 0) is 63.0 Å². The number of ether oxygens (including phenoxy) is 1. The van der Waals surface area contributed by atoms with E-state index in [0.717, 1.165) is 44.2 Å². The second-order valence-electron chi connectivity index (χ2n) is 8.13. The van der Waals surface area contributed by atoms with Crippen LogP contribution in [0.2, 0.25) is 0 Å². The maximum atomic E-state index is 13.5. The topological polar surface area (TPSA) is 36.3 Å².